The second-order valence-electron chi connectivity index (χ2n) is 5.31. The minimum atomic E-state index is -0.500. The van der Waals surface area contributed by atoms with Gasteiger partial charge in [-0.1, -0.05) is 0 Å². The fourth-order valence-corrected chi connectivity index (χ4v) is 2.02. The molecule has 0 radical (unpaired) electrons. The van der Waals surface area contributed by atoms with E-state index in [1.165, 1.54) is 0 Å². The van der Waals surface area contributed by atoms with Crippen molar-refractivity contribution in [1.29, 1.82) is 0 Å². The second kappa shape index (κ2) is 3.73. The zero-order valence-electron chi connectivity index (χ0n) is 9.86. The van der Waals surface area contributed by atoms with Crippen LogP contribution in [-0.4, -0.2) is 48.2 Å². The van der Waals surface area contributed by atoms with Gasteiger partial charge in [-0.05, 0) is 20.8 Å². The molecule has 16 heavy (non-hydrogen) atoms. The van der Waals surface area contributed by atoms with Crippen molar-refractivity contribution in [2.75, 3.05) is 19.7 Å². The largest absolute Gasteiger partial charge is 0.444 e. The molecule has 0 aromatic rings. The molecule has 2 atom stereocenters. The molecule has 0 unspecified atom stereocenters. The van der Waals surface area contributed by atoms with Gasteiger partial charge in [0, 0.05) is 6.54 Å². The van der Waals surface area contributed by atoms with Gasteiger partial charge in [0.1, 0.15) is 12.2 Å². The summed E-state index contributed by atoms with van der Waals surface area (Å²) in [6, 6.07) is 0. The molecule has 0 spiro atoms. The van der Waals surface area contributed by atoms with Crippen LogP contribution in [0.1, 0.15) is 20.8 Å². The molecule has 5 nitrogen and oxygen atoms in total. The Labute approximate surface area is 94.7 Å². The molecule has 2 fully saturated rings. The molecule has 0 saturated carbocycles. The number of Topliss-reactive ketones (excluding diaryl/α,β-unsaturated/α-hetero) is 1. The van der Waals surface area contributed by atoms with Crippen LogP contribution in [0.5, 0.6) is 0 Å². The number of amides is 1. The summed E-state index contributed by atoms with van der Waals surface area (Å²) in [5.41, 5.74) is -0.500. The van der Waals surface area contributed by atoms with Gasteiger partial charge in [-0.15, -0.1) is 0 Å². The number of rotatable bonds is 0. The van der Waals surface area contributed by atoms with E-state index < -0.39 is 5.60 Å². The van der Waals surface area contributed by atoms with Gasteiger partial charge in [0.2, 0.25) is 0 Å². The molecular weight excluding hydrogens is 210 g/mol. The number of carbonyl (C=O) groups is 2. The van der Waals surface area contributed by atoms with Crippen LogP contribution in [0.15, 0.2) is 0 Å². The smallest absolute Gasteiger partial charge is 0.410 e. The number of hydrogen-bond acceptors (Lipinski definition) is 4. The second-order valence-corrected chi connectivity index (χ2v) is 5.31. The van der Waals surface area contributed by atoms with Crippen molar-refractivity contribution < 1.29 is 19.1 Å². The number of fused-ring (bicyclic) bond motifs is 1. The highest BCUT2D eigenvalue weighted by atomic mass is 16.6. The summed E-state index contributed by atoms with van der Waals surface area (Å²) in [7, 11) is 0. The average Bonchev–Trinajstić information content (AvgIpc) is 2.65. The maximum absolute atomic E-state index is 11.7. The topological polar surface area (TPSA) is 55.8 Å². The molecule has 0 N–H and O–H groups in total. The summed E-state index contributed by atoms with van der Waals surface area (Å²) >= 11 is 0. The third kappa shape index (κ3) is 2.19. The third-order valence-corrected chi connectivity index (χ3v) is 2.77. The lowest BCUT2D eigenvalue weighted by Gasteiger charge is -2.24. The van der Waals surface area contributed by atoms with E-state index in [4.69, 9.17) is 9.47 Å². The van der Waals surface area contributed by atoms with E-state index in [0.29, 0.717) is 13.1 Å². The number of likely N-dealkylation sites (tertiary alicyclic amines) is 1. The van der Waals surface area contributed by atoms with Crippen LogP contribution >= 0.6 is 0 Å². The van der Waals surface area contributed by atoms with Crippen molar-refractivity contribution in [3.05, 3.63) is 0 Å². The van der Waals surface area contributed by atoms with Crippen LogP contribution in [0, 0.1) is 5.92 Å². The number of nitrogens with zero attached hydrogens (tertiary/aromatic N) is 1. The Morgan fingerprint density at radius 3 is 2.69 bits per heavy atom. The van der Waals surface area contributed by atoms with Crippen molar-refractivity contribution in [2.24, 2.45) is 5.92 Å². The van der Waals surface area contributed by atoms with Gasteiger partial charge >= 0.3 is 6.09 Å². The minimum Gasteiger partial charge on any atom is -0.444 e. The predicted molar refractivity (Wildman–Crippen MR) is 56.0 cm³/mol. The van der Waals surface area contributed by atoms with Crippen molar-refractivity contribution >= 4 is 11.9 Å². The highest BCUT2D eigenvalue weighted by Gasteiger charge is 2.45. The molecule has 90 valence electrons. The Bertz CT molecular complexity index is 320. The molecule has 0 aromatic carbocycles. The fourth-order valence-electron chi connectivity index (χ4n) is 2.02. The van der Waals surface area contributed by atoms with Crippen LogP contribution in [-0.2, 0) is 14.3 Å². The molecule has 2 heterocycles. The Morgan fingerprint density at radius 2 is 2.12 bits per heavy atom. The average molecular weight is 227 g/mol. The van der Waals surface area contributed by atoms with Crippen LogP contribution in [0.4, 0.5) is 4.79 Å². The molecule has 0 aliphatic carbocycles. The molecular formula is C11H17NO4. The summed E-state index contributed by atoms with van der Waals surface area (Å²) in [5.74, 6) is -0.0522. The standard InChI is InChI=1S/C11H17NO4/c1-11(2,3)16-10(14)12-4-7-8(13)6-15-9(7)5-12/h7,9H,4-6H2,1-3H3/t7-,9-/m1/s1. The maximum atomic E-state index is 11.7. The zero-order chi connectivity index (χ0) is 11.9. The third-order valence-electron chi connectivity index (χ3n) is 2.77. The lowest BCUT2D eigenvalue weighted by atomic mass is 10.1. The first-order valence-corrected chi connectivity index (χ1v) is 5.49. The summed E-state index contributed by atoms with van der Waals surface area (Å²) in [6.45, 7) is 6.55. The molecule has 2 aliphatic heterocycles. The zero-order valence-corrected chi connectivity index (χ0v) is 9.86. The van der Waals surface area contributed by atoms with Crippen LogP contribution in [0.2, 0.25) is 0 Å². The van der Waals surface area contributed by atoms with Gasteiger partial charge in [-0.3, -0.25) is 4.79 Å². The van der Waals surface area contributed by atoms with E-state index in [1.54, 1.807) is 4.90 Å². The molecule has 0 aromatic heterocycles. The first kappa shape index (κ1) is 11.4. The van der Waals surface area contributed by atoms with E-state index in [2.05, 4.69) is 0 Å². The first-order valence-electron chi connectivity index (χ1n) is 5.49. The molecule has 2 rings (SSSR count). The van der Waals surface area contributed by atoms with Crippen LogP contribution < -0.4 is 0 Å². The van der Waals surface area contributed by atoms with E-state index in [1.807, 2.05) is 20.8 Å². The van der Waals surface area contributed by atoms with Gasteiger partial charge < -0.3 is 14.4 Å². The summed E-state index contributed by atoms with van der Waals surface area (Å²) in [6.07, 6.45) is -0.488. The number of hydrogen-bond donors (Lipinski definition) is 0. The predicted octanol–water partition coefficient (Wildman–Crippen LogP) is 0.821. The van der Waals surface area contributed by atoms with Gasteiger partial charge in [-0.2, -0.15) is 0 Å². The summed E-state index contributed by atoms with van der Waals surface area (Å²) < 4.78 is 10.5. The lowest BCUT2D eigenvalue weighted by Crippen LogP contribution is -2.36. The van der Waals surface area contributed by atoms with Gasteiger partial charge in [0.15, 0.2) is 5.78 Å². The monoisotopic (exact) mass is 227 g/mol. The van der Waals surface area contributed by atoms with Crippen molar-refractivity contribution in [3.8, 4) is 0 Å². The first-order chi connectivity index (χ1) is 7.37. The van der Waals surface area contributed by atoms with E-state index in [-0.39, 0.29) is 30.5 Å². The molecule has 0 bridgehead atoms. The lowest BCUT2D eigenvalue weighted by molar-refractivity contribution is -0.120. The normalized spacial score (nSPS) is 29.4. The minimum absolute atomic E-state index is 0.0936. The van der Waals surface area contributed by atoms with Crippen LogP contribution in [0.3, 0.4) is 0 Å². The summed E-state index contributed by atoms with van der Waals surface area (Å²) in [4.78, 5) is 24.7. The van der Waals surface area contributed by atoms with Crippen LogP contribution in [0.25, 0.3) is 0 Å². The fraction of sp³-hybridized carbons (Fsp3) is 0.818. The molecule has 2 saturated heterocycles. The quantitative estimate of drug-likeness (QED) is 0.615. The highest BCUT2D eigenvalue weighted by molar-refractivity contribution is 5.86. The Balaban J connectivity index is 1.94. The molecule has 1 amide bonds. The Hall–Kier alpha value is -1.10. The Kier molecular flexibility index (Phi) is 2.66. The summed E-state index contributed by atoms with van der Waals surface area (Å²) in [5, 5.41) is 0. The number of ketones is 1. The maximum Gasteiger partial charge on any atom is 0.410 e. The van der Waals surface area contributed by atoms with Gasteiger partial charge in [-0.25, -0.2) is 4.79 Å². The molecule has 5 heteroatoms. The van der Waals surface area contributed by atoms with Gasteiger partial charge in [0.25, 0.3) is 0 Å². The van der Waals surface area contributed by atoms with Gasteiger partial charge in [0.05, 0.1) is 18.6 Å². The van der Waals surface area contributed by atoms with E-state index in [9.17, 15) is 9.59 Å². The highest BCUT2D eigenvalue weighted by Crippen LogP contribution is 2.27. The SMILES string of the molecule is CC(C)(C)OC(=O)N1C[C@@H]2C(=O)CO[C@@H]2C1. The Morgan fingerprint density at radius 1 is 1.44 bits per heavy atom. The van der Waals surface area contributed by atoms with Crippen molar-refractivity contribution in [3.63, 3.8) is 0 Å². The number of carbonyl (C=O) groups excluding carboxylic acids is 2. The van der Waals surface area contributed by atoms with E-state index >= 15 is 0 Å². The molecule has 2 aliphatic rings. The van der Waals surface area contributed by atoms with Crippen molar-refractivity contribution in [2.45, 2.75) is 32.5 Å². The van der Waals surface area contributed by atoms with Crippen molar-refractivity contribution in [1.82, 2.24) is 4.90 Å². The van der Waals surface area contributed by atoms with E-state index in [0.717, 1.165) is 0 Å². The number of ether oxygens (including phenoxy) is 2.